The summed E-state index contributed by atoms with van der Waals surface area (Å²) in [6.45, 7) is 18.1. The van der Waals surface area contributed by atoms with Gasteiger partial charge in [-0.1, -0.05) is 312 Å². The number of hydrogen-bond acceptors (Lipinski definition) is 16. The number of nitrogens with zero attached hydrogens (tertiary/aromatic N) is 16. The van der Waals surface area contributed by atoms with E-state index in [0.717, 1.165) is 51.4 Å². The Morgan fingerprint density at radius 3 is 0.320 bits per heavy atom. The van der Waals surface area contributed by atoms with Crippen LogP contribution < -0.4 is 0 Å². The second kappa shape index (κ2) is 96.4. The van der Waals surface area contributed by atoms with Crippen molar-refractivity contribution in [2.45, 2.75) is 415 Å². The summed E-state index contributed by atoms with van der Waals surface area (Å²) in [6.07, 6.45) is 105. The van der Waals surface area contributed by atoms with E-state index in [1.165, 1.54) is 355 Å². The van der Waals surface area contributed by atoms with E-state index < -0.39 is 29.6 Å². The van der Waals surface area contributed by atoms with Crippen LogP contribution >= 0.6 is 0 Å². The number of imidazole rings is 8. The van der Waals surface area contributed by atoms with Gasteiger partial charge in [-0.3, -0.25) is 17.3 Å². The van der Waals surface area contributed by atoms with Gasteiger partial charge in [0.05, 0.1) is 0 Å². The van der Waals surface area contributed by atoms with Gasteiger partial charge in [0.25, 0.3) is 0 Å². The van der Waals surface area contributed by atoms with E-state index in [-0.39, 0.29) is 0 Å². The highest BCUT2D eigenvalue weighted by Gasteiger charge is 2.07. The molecule has 8 aromatic rings. The summed E-state index contributed by atoms with van der Waals surface area (Å²) in [7, 11) is 5.88. The highest BCUT2D eigenvalue weighted by molar-refractivity contribution is 6.32. The lowest BCUT2D eigenvalue weighted by molar-refractivity contribution is 0.338. The van der Waals surface area contributed by atoms with Crippen LogP contribution in [-0.4, -0.2) is 146 Å². The molecule has 8 heterocycles. The van der Waals surface area contributed by atoms with Crippen molar-refractivity contribution in [3.8, 4) is 0 Å². The fourth-order valence-corrected chi connectivity index (χ4v) is 13.6. The SMILES string of the molecule is CCCCCCCCc1nccn1C.CCCCCCCCc1nccn1C.CCCCCCCCc1nccn1C.CCCCCCCCc1nccn1C.CCCCCCCCc1nccn1C.CCCCCCCCc1nccn1C.CCCCCCCCc1nccn1C.CCCCCCCCc1nccn1C.OB(O)F.OB(O)F.OB(O)F.OB(O)F. The quantitative estimate of drug-likeness (QED) is 0.00998. The third-order valence-electron chi connectivity index (χ3n) is 21.4. The molecule has 0 fully saturated rings. The number of rotatable bonds is 56. The van der Waals surface area contributed by atoms with Crippen molar-refractivity contribution >= 4 is 29.6 Å². The van der Waals surface area contributed by atoms with Crippen LogP contribution in [0, 0.1) is 0 Å². The molecule has 0 bridgehead atoms. The summed E-state index contributed by atoms with van der Waals surface area (Å²) in [5.74, 6) is 9.78. The average molecular weight is 1810 g/mol. The molecule has 0 unspecified atom stereocenters. The van der Waals surface area contributed by atoms with Crippen molar-refractivity contribution in [3.05, 3.63) is 146 Å². The summed E-state index contributed by atoms with van der Waals surface area (Å²) in [4.78, 5) is 34.5. The van der Waals surface area contributed by atoms with Crippen molar-refractivity contribution in [1.29, 1.82) is 0 Å². The van der Waals surface area contributed by atoms with E-state index in [4.69, 9.17) is 40.2 Å². The fourth-order valence-electron chi connectivity index (χ4n) is 13.6. The Balaban J connectivity index is -0.000000669. The molecule has 0 aliphatic heterocycles. The topological polar surface area (TPSA) is 304 Å². The van der Waals surface area contributed by atoms with E-state index in [1.54, 1.807) is 0 Å². The van der Waals surface area contributed by atoms with E-state index >= 15 is 0 Å². The van der Waals surface area contributed by atoms with Gasteiger partial charge in [0.15, 0.2) is 0 Å². The Morgan fingerprint density at radius 2 is 0.250 bits per heavy atom. The highest BCUT2D eigenvalue weighted by Crippen LogP contribution is 2.16. The van der Waals surface area contributed by atoms with Crippen molar-refractivity contribution in [2.75, 3.05) is 0 Å². The zero-order valence-electron chi connectivity index (χ0n) is 83.4. The van der Waals surface area contributed by atoms with Gasteiger partial charge in [-0.2, -0.15) is 0 Å². The maximum absolute atomic E-state index is 10.1. The number of aromatic nitrogens is 16. The zero-order chi connectivity index (χ0) is 96.1. The van der Waals surface area contributed by atoms with Crippen molar-refractivity contribution in [3.63, 3.8) is 0 Å². The van der Waals surface area contributed by atoms with Crippen LogP contribution in [0.25, 0.3) is 0 Å². The molecule has 0 radical (unpaired) electrons. The van der Waals surface area contributed by atoms with Crippen LogP contribution in [0.4, 0.5) is 17.3 Å². The molecule has 24 nitrogen and oxygen atoms in total. The molecule has 8 N–H and O–H groups in total. The number of halogens is 4. The fraction of sp³-hybridized carbons (Fsp3) is 0.750. The molecule has 0 amide bonds. The number of unbranched alkanes of at least 4 members (excludes halogenated alkanes) is 40. The van der Waals surface area contributed by atoms with E-state index in [9.17, 15) is 17.3 Å². The third kappa shape index (κ3) is 88.6. The minimum Gasteiger partial charge on any atom is -0.398 e. The van der Waals surface area contributed by atoms with E-state index in [1.807, 2.05) is 99.1 Å². The van der Waals surface area contributed by atoms with Gasteiger partial charge in [0, 0.05) is 207 Å². The lowest BCUT2D eigenvalue weighted by atomic mass is 10.1. The van der Waals surface area contributed by atoms with Crippen molar-refractivity contribution in [1.82, 2.24) is 76.4 Å². The molecule has 736 valence electrons. The molecule has 0 atom stereocenters. The van der Waals surface area contributed by atoms with Crippen LogP contribution in [0.3, 0.4) is 0 Å². The summed E-state index contributed by atoms with van der Waals surface area (Å²) >= 11 is 0. The van der Waals surface area contributed by atoms with Gasteiger partial charge in [0.2, 0.25) is 0 Å². The van der Waals surface area contributed by atoms with Crippen molar-refractivity contribution in [2.24, 2.45) is 56.4 Å². The first-order valence-corrected chi connectivity index (χ1v) is 49.4. The number of aryl methyl sites for hydroxylation is 16. The predicted octanol–water partition coefficient (Wildman–Crippen LogP) is 22.3. The molecule has 0 saturated carbocycles. The van der Waals surface area contributed by atoms with Crippen LogP contribution in [0.5, 0.6) is 0 Å². The maximum Gasteiger partial charge on any atom is 0.674 e. The molecule has 128 heavy (non-hydrogen) atoms. The second-order valence-electron chi connectivity index (χ2n) is 33.0. The average Bonchev–Trinajstić information content (AvgIpc) is 1.85. The van der Waals surface area contributed by atoms with E-state index in [0.29, 0.717) is 0 Å². The first-order valence-electron chi connectivity index (χ1n) is 49.4. The first-order chi connectivity index (χ1) is 61.7. The minimum atomic E-state index is -2.67. The molecule has 0 aliphatic carbocycles. The highest BCUT2D eigenvalue weighted by atomic mass is 19.1. The molecule has 0 spiro atoms. The second-order valence-corrected chi connectivity index (χ2v) is 33.0. The largest absolute Gasteiger partial charge is 0.674 e. The molecule has 0 aromatic carbocycles. The third-order valence-corrected chi connectivity index (χ3v) is 21.4. The van der Waals surface area contributed by atoms with Gasteiger partial charge in [-0.25, -0.2) is 39.9 Å². The molecule has 8 rings (SSSR count). The van der Waals surface area contributed by atoms with Gasteiger partial charge in [-0.05, 0) is 51.4 Å². The van der Waals surface area contributed by atoms with Gasteiger partial charge >= 0.3 is 29.6 Å². The Labute approximate surface area is 776 Å². The van der Waals surface area contributed by atoms with Gasteiger partial charge < -0.3 is 76.7 Å². The zero-order valence-corrected chi connectivity index (χ0v) is 83.4. The Hall–Kier alpha value is -6.66. The molecule has 8 aromatic heterocycles. The molecule has 0 saturated heterocycles. The monoisotopic (exact) mass is 1810 g/mol. The van der Waals surface area contributed by atoms with Crippen LogP contribution in [0.2, 0.25) is 0 Å². The van der Waals surface area contributed by atoms with Gasteiger partial charge in [0.1, 0.15) is 46.6 Å². The predicted molar refractivity (Wildman–Crippen MR) is 528 cm³/mol. The Bertz CT molecular complexity index is 2820. The molecule has 32 heteroatoms. The van der Waals surface area contributed by atoms with Crippen LogP contribution in [0.1, 0.15) is 410 Å². The normalized spacial score (nSPS) is 10.2. The van der Waals surface area contributed by atoms with Gasteiger partial charge in [-0.15, -0.1) is 0 Å². The maximum atomic E-state index is 10.1. The lowest BCUT2D eigenvalue weighted by Gasteiger charge is -2.01. The molecular weight excluding hydrogens is 1620 g/mol. The number of hydrogen-bond donors (Lipinski definition) is 8. The lowest BCUT2D eigenvalue weighted by Crippen LogP contribution is -1.98. The first kappa shape index (κ1) is 128. The molecule has 0 aliphatic rings. The molecular formula is C96H184B4F4N16O8. The standard InChI is InChI=1S/8C12H22N2.4BFH2O2/c8*1-3-4-5-6-7-8-9-12-13-10-11-14(12)2;4*2-1(3)4/h8*10-11H,3-9H2,1-2H3;4*3-4H. The summed E-state index contributed by atoms with van der Waals surface area (Å²) in [5.41, 5.74) is 0. The van der Waals surface area contributed by atoms with Crippen LogP contribution in [-0.2, 0) is 108 Å². The summed E-state index contributed by atoms with van der Waals surface area (Å²) < 4.78 is 57.4. The van der Waals surface area contributed by atoms with Crippen molar-refractivity contribution < 1.29 is 57.5 Å². The summed E-state index contributed by atoms with van der Waals surface area (Å²) in [5, 5.41) is 55.6. The smallest absolute Gasteiger partial charge is 0.398 e. The summed E-state index contributed by atoms with van der Waals surface area (Å²) in [6, 6.07) is 0. The Morgan fingerprint density at radius 1 is 0.172 bits per heavy atom. The van der Waals surface area contributed by atoms with Crippen LogP contribution in [0.15, 0.2) is 99.1 Å². The van der Waals surface area contributed by atoms with E-state index in [2.05, 4.69) is 188 Å². The Kier molecular flexibility index (Phi) is 96.1. The minimum absolute atomic E-state index is 1.13.